The molecule has 4 rings (SSSR count). The molecule has 0 fully saturated rings. The van der Waals surface area contributed by atoms with E-state index in [0.717, 1.165) is 5.52 Å². The van der Waals surface area contributed by atoms with Crippen molar-refractivity contribution >= 4 is 22.6 Å². The van der Waals surface area contributed by atoms with Gasteiger partial charge in [-0.05, 0) is 49.6 Å². The number of benzene rings is 2. The molecule has 5 heteroatoms. The highest BCUT2D eigenvalue weighted by atomic mass is 16.5. The summed E-state index contributed by atoms with van der Waals surface area (Å²) >= 11 is 0. The van der Waals surface area contributed by atoms with Gasteiger partial charge in [0, 0.05) is 30.4 Å². The highest BCUT2D eigenvalue weighted by Gasteiger charge is 2.32. The van der Waals surface area contributed by atoms with E-state index in [4.69, 9.17) is 4.74 Å². The molecule has 0 atom stereocenters. The lowest BCUT2D eigenvalue weighted by Crippen LogP contribution is -2.36. The molecule has 1 aromatic heterocycles. The molecule has 0 bridgehead atoms. The molecule has 0 aliphatic carbocycles. The van der Waals surface area contributed by atoms with E-state index < -0.39 is 5.60 Å². The van der Waals surface area contributed by atoms with Gasteiger partial charge in [-0.3, -0.25) is 9.59 Å². The van der Waals surface area contributed by atoms with Gasteiger partial charge in [-0.25, -0.2) is 0 Å². The van der Waals surface area contributed by atoms with E-state index in [-0.39, 0.29) is 11.7 Å². The molecule has 2 aromatic carbocycles. The average Bonchev–Trinajstić information content (AvgIpc) is 3.04. The fraction of sp³-hybridized carbons (Fsp3) is 0.273. The first-order chi connectivity index (χ1) is 12.9. The van der Waals surface area contributed by atoms with E-state index in [1.54, 1.807) is 18.2 Å². The molecular formula is C22H22N2O3. The Hall–Kier alpha value is -3.08. The van der Waals surface area contributed by atoms with Gasteiger partial charge in [-0.2, -0.15) is 0 Å². The lowest BCUT2D eigenvalue weighted by Gasteiger charge is -2.31. The summed E-state index contributed by atoms with van der Waals surface area (Å²) in [7, 11) is 0. The SMILES string of the molecule is CC1(C)CC(=O)c2cc(C(=O)NCCn3ccc4ccccc43)ccc2O1. The third kappa shape index (κ3) is 3.45. The zero-order valence-electron chi connectivity index (χ0n) is 15.5. The molecule has 5 nitrogen and oxygen atoms in total. The summed E-state index contributed by atoms with van der Waals surface area (Å²) in [6.45, 7) is 4.96. The van der Waals surface area contributed by atoms with Crippen LogP contribution in [0.15, 0.2) is 54.7 Å². The zero-order chi connectivity index (χ0) is 19.0. The number of carbonyl (C=O) groups is 2. The Morgan fingerprint density at radius 3 is 2.85 bits per heavy atom. The minimum atomic E-state index is -0.507. The van der Waals surface area contributed by atoms with Gasteiger partial charge < -0.3 is 14.6 Å². The van der Waals surface area contributed by atoms with Crippen LogP contribution in [0.5, 0.6) is 5.75 Å². The first-order valence-electron chi connectivity index (χ1n) is 9.11. The van der Waals surface area contributed by atoms with Crippen LogP contribution >= 0.6 is 0 Å². The van der Waals surface area contributed by atoms with Crippen molar-refractivity contribution in [2.24, 2.45) is 0 Å². The van der Waals surface area contributed by atoms with Crippen LogP contribution in [0.2, 0.25) is 0 Å². The smallest absolute Gasteiger partial charge is 0.251 e. The number of nitrogens with zero attached hydrogens (tertiary/aromatic N) is 1. The fourth-order valence-electron chi connectivity index (χ4n) is 3.52. The standard InChI is InChI=1S/C22H22N2O3/c1-22(2)14-19(25)17-13-16(7-8-20(17)27-22)21(26)23-10-12-24-11-9-15-5-3-4-6-18(15)24/h3-9,11,13H,10,12,14H2,1-2H3,(H,23,26). The van der Waals surface area contributed by atoms with Crippen molar-refractivity contribution in [1.29, 1.82) is 0 Å². The van der Waals surface area contributed by atoms with Crippen LogP contribution in [0.4, 0.5) is 0 Å². The van der Waals surface area contributed by atoms with E-state index in [1.807, 2.05) is 32.2 Å². The number of hydrogen-bond donors (Lipinski definition) is 1. The van der Waals surface area contributed by atoms with Crippen molar-refractivity contribution in [3.63, 3.8) is 0 Å². The number of rotatable bonds is 4. The number of ketones is 1. The maximum atomic E-state index is 12.5. The predicted octanol–water partition coefficient (Wildman–Crippen LogP) is 3.82. The lowest BCUT2D eigenvalue weighted by molar-refractivity contribution is 0.0620. The van der Waals surface area contributed by atoms with E-state index in [1.165, 1.54) is 5.39 Å². The van der Waals surface area contributed by atoms with Crippen LogP contribution in [0, 0.1) is 0 Å². The van der Waals surface area contributed by atoms with Crippen LogP contribution in [0.25, 0.3) is 10.9 Å². The number of carbonyl (C=O) groups excluding carboxylic acids is 2. The molecule has 27 heavy (non-hydrogen) atoms. The zero-order valence-corrected chi connectivity index (χ0v) is 15.5. The van der Waals surface area contributed by atoms with E-state index in [0.29, 0.717) is 36.4 Å². The molecule has 0 unspecified atom stereocenters. The van der Waals surface area contributed by atoms with Gasteiger partial charge in [0.1, 0.15) is 11.4 Å². The molecule has 1 aliphatic rings. The third-order valence-electron chi connectivity index (χ3n) is 4.83. The Morgan fingerprint density at radius 2 is 2.00 bits per heavy atom. The number of amides is 1. The Bertz CT molecular complexity index is 1030. The second-order valence-corrected chi connectivity index (χ2v) is 7.50. The fourth-order valence-corrected chi connectivity index (χ4v) is 3.52. The Kier molecular flexibility index (Phi) is 4.22. The summed E-state index contributed by atoms with van der Waals surface area (Å²) in [5, 5.41) is 4.11. The highest BCUT2D eigenvalue weighted by Crippen LogP contribution is 2.33. The number of hydrogen-bond acceptors (Lipinski definition) is 3. The number of Topliss-reactive ketones (excluding diaryl/α,β-unsaturated/α-hetero) is 1. The van der Waals surface area contributed by atoms with Crippen LogP contribution in [-0.4, -0.2) is 28.4 Å². The van der Waals surface area contributed by atoms with Gasteiger partial charge in [0.15, 0.2) is 5.78 Å². The van der Waals surface area contributed by atoms with Gasteiger partial charge in [0.05, 0.1) is 12.0 Å². The quantitative estimate of drug-likeness (QED) is 0.768. The van der Waals surface area contributed by atoms with Crippen LogP contribution in [-0.2, 0) is 6.54 Å². The second-order valence-electron chi connectivity index (χ2n) is 7.50. The molecule has 3 aromatic rings. The van der Waals surface area contributed by atoms with Gasteiger partial charge in [-0.1, -0.05) is 18.2 Å². The van der Waals surface area contributed by atoms with Crippen LogP contribution in [0.1, 0.15) is 41.0 Å². The summed E-state index contributed by atoms with van der Waals surface area (Å²) in [5.74, 6) is 0.369. The molecule has 0 saturated heterocycles. The van der Waals surface area contributed by atoms with E-state index in [9.17, 15) is 9.59 Å². The van der Waals surface area contributed by atoms with Gasteiger partial charge in [0.2, 0.25) is 0 Å². The minimum Gasteiger partial charge on any atom is -0.487 e. The summed E-state index contributed by atoms with van der Waals surface area (Å²) in [6.07, 6.45) is 2.33. The first kappa shape index (κ1) is 17.3. The molecule has 2 heterocycles. The molecule has 1 amide bonds. The van der Waals surface area contributed by atoms with Crippen molar-refractivity contribution in [3.8, 4) is 5.75 Å². The summed E-state index contributed by atoms with van der Waals surface area (Å²) in [5.41, 5.74) is 1.60. The monoisotopic (exact) mass is 362 g/mol. The topological polar surface area (TPSA) is 60.3 Å². The Labute approximate surface area is 157 Å². The molecule has 1 aliphatic heterocycles. The number of nitrogens with one attached hydrogen (secondary N) is 1. The van der Waals surface area contributed by atoms with Crippen LogP contribution in [0.3, 0.4) is 0 Å². The molecular weight excluding hydrogens is 340 g/mol. The van der Waals surface area contributed by atoms with Crippen molar-refractivity contribution in [3.05, 3.63) is 65.9 Å². The normalized spacial score (nSPS) is 15.3. The lowest BCUT2D eigenvalue weighted by atomic mass is 9.92. The summed E-state index contributed by atoms with van der Waals surface area (Å²) in [6, 6.07) is 15.3. The minimum absolute atomic E-state index is 0.00899. The molecule has 0 saturated carbocycles. The number of fused-ring (bicyclic) bond motifs is 2. The number of ether oxygens (including phenoxy) is 1. The largest absolute Gasteiger partial charge is 0.487 e. The molecule has 138 valence electrons. The van der Waals surface area contributed by atoms with Crippen molar-refractivity contribution in [1.82, 2.24) is 9.88 Å². The number of aromatic nitrogens is 1. The Morgan fingerprint density at radius 1 is 1.19 bits per heavy atom. The number of para-hydroxylation sites is 1. The predicted molar refractivity (Wildman–Crippen MR) is 104 cm³/mol. The maximum absolute atomic E-state index is 12.5. The second kappa shape index (κ2) is 6.58. The molecule has 0 radical (unpaired) electrons. The maximum Gasteiger partial charge on any atom is 0.251 e. The van der Waals surface area contributed by atoms with Gasteiger partial charge in [-0.15, -0.1) is 0 Å². The van der Waals surface area contributed by atoms with Crippen molar-refractivity contribution < 1.29 is 14.3 Å². The van der Waals surface area contributed by atoms with Crippen molar-refractivity contribution in [2.75, 3.05) is 6.54 Å². The summed E-state index contributed by atoms with van der Waals surface area (Å²) in [4.78, 5) is 24.8. The average molecular weight is 362 g/mol. The van der Waals surface area contributed by atoms with E-state index >= 15 is 0 Å². The first-order valence-corrected chi connectivity index (χ1v) is 9.11. The van der Waals surface area contributed by atoms with Gasteiger partial charge in [0.25, 0.3) is 5.91 Å². The summed E-state index contributed by atoms with van der Waals surface area (Å²) < 4.78 is 7.95. The molecule has 1 N–H and O–H groups in total. The highest BCUT2D eigenvalue weighted by molar-refractivity contribution is 6.03. The van der Waals surface area contributed by atoms with Crippen LogP contribution < -0.4 is 10.1 Å². The third-order valence-corrected chi connectivity index (χ3v) is 4.83. The molecule has 0 spiro atoms. The van der Waals surface area contributed by atoms with Crippen molar-refractivity contribution in [2.45, 2.75) is 32.4 Å². The van der Waals surface area contributed by atoms with E-state index in [2.05, 4.69) is 28.1 Å². The van der Waals surface area contributed by atoms with Gasteiger partial charge >= 0.3 is 0 Å². The Balaban J connectivity index is 1.43.